The molecule has 4 rings (SSSR count). The van der Waals surface area contributed by atoms with E-state index in [4.69, 9.17) is 4.42 Å². The molecule has 1 aromatic heterocycles. The molecular formula is C19H17NO2. The van der Waals surface area contributed by atoms with Gasteiger partial charge in [-0.3, -0.25) is 4.79 Å². The summed E-state index contributed by atoms with van der Waals surface area (Å²) in [4.78, 5) is 12.3. The number of amides is 1. The zero-order chi connectivity index (χ0) is 15.3. The summed E-state index contributed by atoms with van der Waals surface area (Å²) < 4.78 is 6.00. The van der Waals surface area contributed by atoms with Crippen LogP contribution in [0.2, 0.25) is 0 Å². The maximum Gasteiger partial charge on any atom is 0.232 e. The van der Waals surface area contributed by atoms with Gasteiger partial charge in [-0.25, -0.2) is 0 Å². The topological polar surface area (TPSA) is 42.2 Å². The molecule has 3 aromatic rings. The van der Waals surface area contributed by atoms with Crippen LogP contribution in [0.15, 0.2) is 46.9 Å². The maximum absolute atomic E-state index is 12.3. The number of hydrogen-bond acceptors (Lipinski definition) is 2. The Morgan fingerprint density at radius 3 is 2.82 bits per heavy atom. The summed E-state index contributed by atoms with van der Waals surface area (Å²) >= 11 is 0. The van der Waals surface area contributed by atoms with E-state index in [1.165, 1.54) is 5.56 Å². The van der Waals surface area contributed by atoms with Crippen LogP contribution in [-0.2, 0) is 11.2 Å². The molecule has 110 valence electrons. The first kappa shape index (κ1) is 13.1. The van der Waals surface area contributed by atoms with Gasteiger partial charge in [0.05, 0.1) is 5.92 Å². The van der Waals surface area contributed by atoms with Crippen molar-refractivity contribution >= 4 is 22.6 Å². The summed E-state index contributed by atoms with van der Waals surface area (Å²) in [5, 5.41) is 4.09. The van der Waals surface area contributed by atoms with Crippen molar-refractivity contribution in [2.24, 2.45) is 0 Å². The van der Waals surface area contributed by atoms with Gasteiger partial charge in [0.15, 0.2) is 0 Å². The van der Waals surface area contributed by atoms with Crippen LogP contribution >= 0.6 is 0 Å². The molecule has 22 heavy (non-hydrogen) atoms. The first-order valence-corrected chi connectivity index (χ1v) is 7.52. The fourth-order valence-electron chi connectivity index (χ4n) is 3.24. The highest BCUT2D eigenvalue weighted by atomic mass is 16.3. The summed E-state index contributed by atoms with van der Waals surface area (Å²) in [6.07, 6.45) is 0.600. The zero-order valence-electron chi connectivity index (χ0n) is 12.6. The Bertz CT molecular complexity index is 892. The van der Waals surface area contributed by atoms with Crippen molar-refractivity contribution in [1.82, 2.24) is 0 Å². The van der Waals surface area contributed by atoms with Crippen LogP contribution in [0.3, 0.4) is 0 Å². The lowest BCUT2D eigenvalue weighted by molar-refractivity contribution is -0.117. The molecule has 0 fully saturated rings. The number of para-hydroxylation sites is 1. The number of benzene rings is 2. The molecule has 3 nitrogen and oxygen atoms in total. The Morgan fingerprint density at radius 1 is 1.14 bits per heavy atom. The van der Waals surface area contributed by atoms with Crippen LogP contribution < -0.4 is 5.32 Å². The molecule has 2 heterocycles. The van der Waals surface area contributed by atoms with Gasteiger partial charge in [0, 0.05) is 17.5 Å². The quantitative estimate of drug-likeness (QED) is 0.763. The minimum atomic E-state index is -0.170. The van der Waals surface area contributed by atoms with E-state index in [9.17, 15) is 4.79 Å². The van der Waals surface area contributed by atoms with E-state index in [1.807, 2.05) is 36.4 Å². The highest BCUT2D eigenvalue weighted by molar-refractivity contribution is 6.03. The Morgan fingerprint density at radius 2 is 1.95 bits per heavy atom. The third-order valence-corrected chi connectivity index (χ3v) is 4.49. The summed E-state index contributed by atoms with van der Waals surface area (Å²) in [6.45, 7) is 4.14. The summed E-state index contributed by atoms with van der Waals surface area (Å²) in [7, 11) is 0. The van der Waals surface area contributed by atoms with Gasteiger partial charge in [-0.2, -0.15) is 0 Å². The van der Waals surface area contributed by atoms with Crippen molar-refractivity contribution < 1.29 is 9.21 Å². The van der Waals surface area contributed by atoms with E-state index >= 15 is 0 Å². The van der Waals surface area contributed by atoms with Gasteiger partial charge >= 0.3 is 0 Å². The number of aryl methyl sites for hydroxylation is 2. The number of nitrogens with one attached hydrogen (secondary N) is 1. The van der Waals surface area contributed by atoms with Crippen molar-refractivity contribution in [3.63, 3.8) is 0 Å². The van der Waals surface area contributed by atoms with E-state index in [2.05, 4.69) is 25.2 Å². The van der Waals surface area contributed by atoms with E-state index in [1.54, 1.807) is 0 Å². The van der Waals surface area contributed by atoms with Crippen molar-refractivity contribution in [3.05, 3.63) is 64.9 Å². The molecule has 0 saturated carbocycles. The predicted molar refractivity (Wildman–Crippen MR) is 87.2 cm³/mol. The van der Waals surface area contributed by atoms with E-state index in [-0.39, 0.29) is 11.8 Å². The fraction of sp³-hybridized carbons (Fsp3) is 0.211. The molecule has 0 bridgehead atoms. The molecule has 0 unspecified atom stereocenters. The lowest BCUT2D eigenvalue weighted by Gasteiger charge is -2.07. The van der Waals surface area contributed by atoms with E-state index < -0.39 is 0 Å². The number of hydrogen-bond donors (Lipinski definition) is 1. The summed E-state index contributed by atoms with van der Waals surface area (Å²) in [6, 6.07) is 14.1. The number of rotatable bonds is 2. The predicted octanol–water partition coefficient (Wildman–Crippen LogP) is 4.33. The normalized spacial score (nSPS) is 16.8. The van der Waals surface area contributed by atoms with Gasteiger partial charge < -0.3 is 9.73 Å². The largest absolute Gasteiger partial charge is 0.461 e. The summed E-state index contributed by atoms with van der Waals surface area (Å²) in [5.74, 6) is 0.784. The molecular weight excluding hydrogens is 274 g/mol. The molecule has 1 aliphatic rings. The number of carbonyl (C=O) groups is 1. The van der Waals surface area contributed by atoms with Gasteiger partial charge in [0.2, 0.25) is 5.91 Å². The molecule has 2 aromatic carbocycles. The lowest BCUT2D eigenvalue weighted by atomic mass is 9.94. The molecule has 3 heteroatoms. The zero-order valence-corrected chi connectivity index (χ0v) is 12.6. The van der Waals surface area contributed by atoms with Crippen LogP contribution in [0.5, 0.6) is 0 Å². The van der Waals surface area contributed by atoms with Crippen LogP contribution in [0.1, 0.15) is 28.4 Å². The van der Waals surface area contributed by atoms with Crippen LogP contribution in [-0.4, -0.2) is 5.91 Å². The van der Waals surface area contributed by atoms with Crippen LogP contribution in [0, 0.1) is 13.8 Å². The highest BCUT2D eigenvalue weighted by Crippen LogP contribution is 2.36. The lowest BCUT2D eigenvalue weighted by Crippen LogP contribution is -2.14. The standard InChI is InChI=1S/C19H17NO2/c1-11-7-8-17-14(9-11)12(2)18(22-17)10-15-13-5-3-4-6-16(13)20-19(15)21/h3-9,15H,10H2,1-2H3,(H,20,21)/t15-/m0/s1. The Balaban J connectivity index is 1.75. The summed E-state index contributed by atoms with van der Waals surface area (Å²) in [5.41, 5.74) is 5.22. The smallest absolute Gasteiger partial charge is 0.232 e. The number of carbonyl (C=O) groups excluding carboxylic acids is 1. The molecule has 1 N–H and O–H groups in total. The van der Waals surface area contributed by atoms with Gasteiger partial charge in [0.1, 0.15) is 11.3 Å². The average Bonchev–Trinajstić information content (AvgIpc) is 2.99. The van der Waals surface area contributed by atoms with Crippen molar-refractivity contribution in [3.8, 4) is 0 Å². The second-order valence-corrected chi connectivity index (χ2v) is 5.98. The number of furan rings is 1. The average molecular weight is 291 g/mol. The highest BCUT2D eigenvalue weighted by Gasteiger charge is 2.31. The van der Waals surface area contributed by atoms with Crippen molar-refractivity contribution in [2.45, 2.75) is 26.2 Å². The molecule has 0 radical (unpaired) electrons. The Hall–Kier alpha value is -2.55. The Labute approximate surface area is 128 Å². The van der Waals surface area contributed by atoms with E-state index in [0.29, 0.717) is 6.42 Å². The molecule has 0 saturated heterocycles. The number of fused-ring (bicyclic) bond motifs is 2. The Kier molecular flexibility index (Phi) is 2.83. The minimum Gasteiger partial charge on any atom is -0.461 e. The third-order valence-electron chi connectivity index (χ3n) is 4.49. The molecule has 1 amide bonds. The second kappa shape index (κ2) is 4.73. The fourth-order valence-corrected chi connectivity index (χ4v) is 3.24. The minimum absolute atomic E-state index is 0.0530. The van der Waals surface area contributed by atoms with Crippen molar-refractivity contribution in [1.29, 1.82) is 0 Å². The monoisotopic (exact) mass is 291 g/mol. The number of anilines is 1. The van der Waals surface area contributed by atoms with Gasteiger partial charge in [-0.15, -0.1) is 0 Å². The molecule has 1 aliphatic heterocycles. The van der Waals surface area contributed by atoms with Crippen molar-refractivity contribution in [2.75, 3.05) is 5.32 Å². The maximum atomic E-state index is 12.3. The molecule has 0 aliphatic carbocycles. The molecule has 0 spiro atoms. The first-order chi connectivity index (χ1) is 10.6. The van der Waals surface area contributed by atoms with Crippen LogP contribution in [0.4, 0.5) is 5.69 Å². The molecule has 1 atom stereocenters. The van der Waals surface area contributed by atoms with Gasteiger partial charge in [-0.1, -0.05) is 29.8 Å². The van der Waals surface area contributed by atoms with Crippen LogP contribution in [0.25, 0.3) is 11.0 Å². The second-order valence-electron chi connectivity index (χ2n) is 5.98. The van der Waals surface area contributed by atoms with Gasteiger partial charge in [0.25, 0.3) is 0 Å². The first-order valence-electron chi connectivity index (χ1n) is 7.52. The van der Waals surface area contributed by atoms with E-state index in [0.717, 1.165) is 33.5 Å². The van der Waals surface area contributed by atoms with Gasteiger partial charge in [-0.05, 0) is 43.2 Å². The third kappa shape index (κ3) is 1.93. The SMILES string of the molecule is Cc1ccc2oc(C[C@@H]3C(=O)Nc4ccccc43)c(C)c2c1.